The number of fused-ring (bicyclic) bond motifs is 1. The Hall–Kier alpha value is -2.13. The Morgan fingerprint density at radius 3 is 2.53 bits per heavy atom. The Bertz CT molecular complexity index is 688. The summed E-state index contributed by atoms with van der Waals surface area (Å²) in [7, 11) is 1.93. The lowest BCUT2D eigenvalue weighted by atomic mass is 10.0. The fourth-order valence-electron chi connectivity index (χ4n) is 2.42. The van der Waals surface area contributed by atoms with Crippen LogP contribution in [-0.2, 0) is 13.5 Å². The van der Waals surface area contributed by atoms with Crippen LogP contribution in [0, 0.1) is 0 Å². The zero-order chi connectivity index (χ0) is 13.2. The molecule has 3 rings (SSSR count). The molecule has 0 spiro atoms. The zero-order valence-corrected chi connectivity index (χ0v) is 10.8. The molecule has 3 heteroatoms. The van der Waals surface area contributed by atoms with Gasteiger partial charge in [0.25, 0.3) is 0 Å². The number of hydrogen-bond acceptors (Lipinski definition) is 2. The number of aliphatic hydroxyl groups is 1. The molecule has 0 radical (unpaired) electrons. The molecule has 1 heterocycles. The second-order valence-corrected chi connectivity index (χ2v) is 4.72. The van der Waals surface area contributed by atoms with E-state index >= 15 is 0 Å². The number of aryl methyl sites for hydroxylation is 1. The van der Waals surface area contributed by atoms with E-state index in [4.69, 9.17) is 0 Å². The number of aliphatic hydroxyl groups excluding tert-OH is 1. The first-order chi connectivity index (χ1) is 9.25. The largest absolute Gasteiger partial charge is 0.388 e. The van der Waals surface area contributed by atoms with Gasteiger partial charge in [-0.05, 0) is 11.6 Å². The quantitative estimate of drug-likeness (QED) is 0.778. The first-order valence-electron chi connectivity index (χ1n) is 6.39. The van der Waals surface area contributed by atoms with Crippen LogP contribution in [0.4, 0.5) is 0 Å². The van der Waals surface area contributed by atoms with Crippen molar-refractivity contribution in [3.63, 3.8) is 0 Å². The minimum atomic E-state index is -0.514. The van der Waals surface area contributed by atoms with Crippen molar-refractivity contribution in [1.29, 1.82) is 0 Å². The molecule has 1 atom stereocenters. The molecule has 0 saturated carbocycles. The van der Waals surface area contributed by atoms with Gasteiger partial charge in [-0.3, -0.25) is 4.68 Å². The van der Waals surface area contributed by atoms with E-state index in [2.05, 4.69) is 11.2 Å². The van der Waals surface area contributed by atoms with E-state index < -0.39 is 6.10 Å². The van der Waals surface area contributed by atoms with Gasteiger partial charge in [0.2, 0.25) is 0 Å². The summed E-state index contributed by atoms with van der Waals surface area (Å²) in [6.07, 6.45) is 0.0188. The Morgan fingerprint density at radius 2 is 1.74 bits per heavy atom. The molecule has 1 aromatic heterocycles. The van der Waals surface area contributed by atoms with Crippen molar-refractivity contribution in [2.24, 2.45) is 7.05 Å². The van der Waals surface area contributed by atoms with E-state index in [1.165, 1.54) is 0 Å². The first-order valence-corrected chi connectivity index (χ1v) is 6.39. The molecule has 1 N–H and O–H groups in total. The molecule has 0 aliphatic rings. The van der Waals surface area contributed by atoms with Gasteiger partial charge in [0.15, 0.2) is 0 Å². The van der Waals surface area contributed by atoms with Crippen molar-refractivity contribution in [2.75, 3.05) is 0 Å². The lowest BCUT2D eigenvalue weighted by Crippen LogP contribution is -2.03. The normalized spacial score (nSPS) is 12.7. The van der Waals surface area contributed by atoms with Crippen molar-refractivity contribution in [2.45, 2.75) is 12.5 Å². The molecule has 2 aromatic carbocycles. The lowest BCUT2D eigenvalue weighted by molar-refractivity contribution is 0.177. The molecular formula is C16H16N2O. The summed E-state index contributed by atoms with van der Waals surface area (Å²) in [5.41, 5.74) is 2.96. The fourth-order valence-corrected chi connectivity index (χ4v) is 2.42. The maximum atomic E-state index is 10.3. The maximum Gasteiger partial charge on any atom is 0.0846 e. The average Bonchev–Trinajstić information content (AvgIpc) is 2.77. The zero-order valence-electron chi connectivity index (χ0n) is 10.8. The van der Waals surface area contributed by atoms with E-state index in [-0.39, 0.29) is 0 Å². The molecule has 96 valence electrons. The van der Waals surface area contributed by atoms with Crippen LogP contribution in [0.15, 0.2) is 54.6 Å². The van der Waals surface area contributed by atoms with Crippen molar-refractivity contribution < 1.29 is 5.11 Å². The second-order valence-electron chi connectivity index (χ2n) is 4.72. The van der Waals surface area contributed by atoms with Crippen LogP contribution in [0.25, 0.3) is 10.9 Å². The summed E-state index contributed by atoms with van der Waals surface area (Å²) in [6.45, 7) is 0. The van der Waals surface area contributed by atoms with Gasteiger partial charge in [0.1, 0.15) is 0 Å². The topological polar surface area (TPSA) is 38.0 Å². The number of nitrogens with zero attached hydrogens (tertiary/aromatic N) is 2. The monoisotopic (exact) mass is 252 g/mol. The van der Waals surface area contributed by atoms with Crippen molar-refractivity contribution >= 4 is 10.9 Å². The summed E-state index contributed by atoms with van der Waals surface area (Å²) in [4.78, 5) is 0. The summed E-state index contributed by atoms with van der Waals surface area (Å²) in [5, 5.41) is 15.9. The first kappa shape index (κ1) is 11.9. The van der Waals surface area contributed by atoms with Gasteiger partial charge in [-0.1, -0.05) is 48.5 Å². The van der Waals surface area contributed by atoms with Crippen LogP contribution < -0.4 is 0 Å². The Balaban J connectivity index is 1.94. The van der Waals surface area contributed by atoms with Crippen LogP contribution in [0.5, 0.6) is 0 Å². The number of aromatic nitrogens is 2. The molecule has 19 heavy (non-hydrogen) atoms. The predicted octanol–water partition coefficient (Wildman–Crippen LogP) is 2.85. The number of hydrogen-bond donors (Lipinski definition) is 1. The Labute approximate surface area is 112 Å². The number of para-hydroxylation sites is 1. The van der Waals surface area contributed by atoms with Gasteiger partial charge < -0.3 is 5.11 Å². The molecule has 0 aliphatic carbocycles. The molecule has 0 aliphatic heterocycles. The third-order valence-corrected chi connectivity index (χ3v) is 3.41. The maximum absolute atomic E-state index is 10.3. The highest BCUT2D eigenvalue weighted by Crippen LogP contribution is 2.23. The SMILES string of the molecule is Cn1nc(CC(O)c2ccccc2)c2ccccc21. The van der Waals surface area contributed by atoms with Crippen LogP contribution >= 0.6 is 0 Å². The van der Waals surface area contributed by atoms with Crippen LogP contribution in [0.3, 0.4) is 0 Å². The predicted molar refractivity (Wildman–Crippen MR) is 75.8 cm³/mol. The molecule has 0 amide bonds. The smallest absolute Gasteiger partial charge is 0.0846 e. The van der Waals surface area contributed by atoms with E-state index in [0.717, 1.165) is 22.2 Å². The molecule has 1 unspecified atom stereocenters. The summed E-state index contributed by atoms with van der Waals surface area (Å²) < 4.78 is 1.86. The van der Waals surface area contributed by atoms with E-state index in [1.54, 1.807) is 0 Å². The van der Waals surface area contributed by atoms with Gasteiger partial charge in [-0.25, -0.2) is 0 Å². The third kappa shape index (κ3) is 2.25. The molecular weight excluding hydrogens is 236 g/mol. The van der Waals surface area contributed by atoms with E-state index in [9.17, 15) is 5.11 Å². The molecule has 0 bridgehead atoms. The van der Waals surface area contributed by atoms with E-state index in [1.807, 2.05) is 60.3 Å². The van der Waals surface area contributed by atoms with Crippen molar-refractivity contribution in [3.8, 4) is 0 Å². The summed E-state index contributed by atoms with van der Waals surface area (Å²) >= 11 is 0. The van der Waals surface area contributed by atoms with E-state index in [0.29, 0.717) is 6.42 Å². The van der Waals surface area contributed by atoms with Gasteiger partial charge in [-0.2, -0.15) is 5.10 Å². The third-order valence-electron chi connectivity index (χ3n) is 3.41. The summed E-state index contributed by atoms with van der Waals surface area (Å²) in [5.74, 6) is 0. The van der Waals surface area contributed by atoms with Gasteiger partial charge in [-0.15, -0.1) is 0 Å². The van der Waals surface area contributed by atoms with Gasteiger partial charge in [0.05, 0.1) is 17.3 Å². The summed E-state index contributed by atoms with van der Waals surface area (Å²) in [6, 6.07) is 17.8. The Kier molecular flexibility index (Phi) is 3.05. The number of rotatable bonds is 3. The Morgan fingerprint density at radius 1 is 1.05 bits per heavy atom. The molecule has 3 aromatic rings. The van der Waals surface area contributed by atoms with Gasteiger partial charge in [0, 0.05) is 18.9 Å². The van der Waals surface area contributed by atoms with Gasteiger partial charge >= 0.3 is 0 Å². The van der Waals surface area contributed by atoms with Crippen LogP contribution in [0.1, 0.15) is 17.4 Å². The highest BCUT2D eigenvalue weighted by molar-refractivity contribution is 5.81. The highest BCUT2D eigenvalue weighted by atomic mass is 16.3. The lowest BCUT2D eigenvalue weighted by Gasteiger charge is -2.09. The van der Waals surface area contributed by atoms with Crippen LogP contribution in [-0.4, -0.2) is 14.9 Å². The van der Waals surface area contributed by atoms with Crippen molar-refractivity contribution in [3.05, 3.63) is 65.9 Å². The standard InChI is InChI=1S/C16H16N2O/c1-18-15-10-6-5-9-13(15)14(17-18)11-16(19)12-7-3-2-4-8-12/h2-10,16,19H,11H2,1H3. The second kappa shape index (κ2) is 4.86. The highest BCUT2D eigenvalue weighted by Gasteiger charge is 2.14. The van der Waals surface area contributed by atoms with Crippen molar-refractivity contribution in [1.82, 2.24) is 9.78 Å². The molecule has 3 nitrogen and oxygen atoms in total. The van der Waals surface area contributed by atoms with Crippen LogP contribution in [0.2, 0.25) is 0 Å². The molecule has 0 fully saturated rings. The number of benzene rings is 2. The minimum Gasteiger partial charge on any atom is -0.388 e. The average molecular weight is 252 g/mol. The molecule has 0 saturated heterocycles. The fraction of sp³-hybridized carbons (Fsp3) is 0.188. The minimum absolute atomic E-state index is 0.514.